The van der Waals surface area contributed by atoms with E-state index >= 15 is 0 Å². The van der Waals surface area contributed by atoms with Crippen LogP contribution in [0.3, 0.4) is 0 Å². The molecule has 204 valence electrons. The minimum Gasteiger partial charge on any atom is -0.388 e. The molecular formula is C32H33N5O3. The number of hydrogen-bond donors (Lipinski definition) is 2. The summed E-state index contributed by atoms with van der Waals surface area (Å²) in [6, 6.07) is 17.8. The van der Waals surface area contributed by atoms with Gasteiger partial charge in [-0.3, -0.25) is 19.4 Å². The molecule has 2 amide bonds. The predicted molar refractivity (Wildman–Crippen MR) is 160 cm³/mol. The van der Waals surface area contributed by atoms with Crippen molar-refractivity contribution in [3.05, 3.63) is 94.8 Å². The minimum absolute atomic E-state index is 0.282. The zero-order valence-electron chi connectivity index (χ0n) is 23.0. The molecule has 0 saturated heterocycles. The molecule has 2 aromatic carbocycles. The van der Waals surface area contributed by atoms with Crippen LogP contribution < -0.4 is 15.5 Å². The van der Waals surface area contributed by atoms with Gasteiger partial charge in [0.05, 0.1) is 23.4 Å². The molecule has 0 unspecified atom stereocenters. The highest BCUT2D eigenvalue weighted by Gasteiger charge is 2.17. The fourth-order valence-electron chi connectivity index (χ4n) is 4.99. The van der Waals surface area contributed by atoms with E-state index in [1.54, 1.807) is 11.1 Å². The molecule has 0 bridgehead atoms. The van der Waals surface area contributed by atoms with E-state index in [4.69, 9.17) is 4.98 Å². The molecule has 0 spiro atoms. The number of hydrogen-bond acceptors (Lipinski definition) is 6. The number of carbonyl (C=O) groups is 3. The molecule has 0 saturated carbocycles. The summed E-state index contributed by atoms with van der Waals surface area (Å²) in [6.07, 6.45) is 7.76. The van der Waals surface area contributed by atoms with Crippen LogP contribution in [0.15, 0.2) is 66.9 Å². The number of allylic oxidation sites excluding steroid dienone is 2. The quantitative estimate of drug-likeness (QED) is 0.177. The second-order valence-electron chi connectivity index (χ2n) is 9.41. The van der Waals surface area contributed by atoms with E-state index in [1.165, 1.54) is 17.2 Å². The van der Waals surface area contributed by atoms with Crippen molar-refractivity contribution in [2.75, 3.05) is 22.6 Å². The van der Waals surface area contributed by atoms with Gasteiger partial charge in [-0.1, -0.05) is 25.1 Å². The number of pyridine rings is 2. The highest BCUT2D eigenvalue weighted by Crippen LogP contribution is 2.34. The fourth-order valence-corrected chi connectivity index (χ4v) is 4.99. The van der Waals surface area contributed by atoms with Crippen LogP contribution in [0.25, 0.3) is 16.5 Å². The summed E-state index contributed by atoms with van der Waals surface area (Å²) in [6.45, 7) is 4.26. The molecule has 0 aliphatic carbocycles. The number of rotatable bonds is 13. The van der Waals surface area contributed by atoms with E-state index in [9.17, 15) is 14.4 Å². The second kappa shape index (κ2) is 13.3. The lowest BCUT2D eigenvalue weighted by molar-refractivity contribution is -0.107. The highest BCUT2D eigenvalue weighted by atomic mass is 16.1. The summed E-state index contributed by atoms with van der Waals surface area (Å²) < 4.78 is 0. The topological polar surface area (TPSA) is 104 Å². The Kier molecular flexibility index (Phi) is 9.35. The summed E-state index contributed by atoms with van der Waals surface area (Å²) in [7, 11) is 1.81. The van der Waals surface area contributed by atoms with Crippen molar-refractivity contribution in [1.29, 1.82) is 0 Å². The molecule has 8 nitrogen and oxygen atoms in total. The maximum Gasteiger partial charge on any atom is 0.214 e. The molecule has 4 aromatic rings. The van der Waals surface area contributed by atoms with Gasteiger partial charge in [0.1, 0.15) is 12.1 Å². The van der Waals surface area contributed by atoms with Gasteiger partial charge in [0, 0.05) is 29.9 Å². The van der Waals surface area contributed by atoms with Gasteiger partial charge in [-0.25, -0.2) is 4.98 Å². The third-order valence-corrected chi connectivity index (χ3v) is 6.99. The Morgan fingerprint density at radius 1 is 0.975 bits per heavy atom. The number of carbonyl (C=O) groups excluding carboxylic acids is 3. The summed E-state index contributed by atoms with van der Waals surface area (Å²) in [5.41, 5.74) is 8.12. The standard InChI is InChI=1S/C32H33N5O3/c1-4-23-18-29-26(17-25(23)11-10-24-7-6-15-34-32(24)35-20-39)12-13-27(36-29)19-37(21-40)30-9-5-8-28(33-3)31(30)22(2)14-16-38/h5-9,12-18,20-21,33H,4,10-11,19H2,1-3H3,(H,34,35,39)/b22-14-. The van der Waals surface area contributed by atoms with Gasteiger partial charge in [0.2, 0.25) is 12.8 Å². The van der Waals surface area contributed by atoms with Gasteiger partial charge in [-0.15, -0.1) is 0 Å². The predicted octanol–water partition coefficient (Wildman–Crippen LogP) is 5.35. The van der Waals surface area contributed by atoms with Gasteiger partial charge in [0.15, 0.2) is 0 Å². The Morgan fingerprint density at radius 3 is 2.52 bits per heavy atom. The van der Waals surface area contributed by atoms with Crippen molar-refractivity contribution in [3.63, 3.8) is 0 Å². The van der Waals surface area contributed by atoms with Crippen LogP contribution in [0.5, 0.6) is 0 Å². The maximum absolute atomic E-state index is 12.3. The van der Waals surface area contributed by atoms with Gasteiger partial charge < -0.3 is 15.5 Å². The zero-order valence-corrected chi connectivity index (χ0v) is 23.0. The molecule has 0 aliphatic heterocycles. The summed E-state index contributed by atoms with van der Waals surface area (Å²) in [5, 5.41) is 6.85. The molecule has 0 radical (unpaired) electrons. The number of anilines is 3. The van der Waals surface area contributed by atoms with Gasteiger partial charge >= 0.3 is 0 Å². The number of aldehydes is 1. The highest BCUT2D eigenvalue weighted by molar-refractivity contribution is 5.94. The van der Waals surface area contributed by atoms with Crippen molar-refractivity contribution in [2.24, 2.45) is 0 Å². The van der Waals surface area contributed by atoms with Gasteiger partial charge in [-0.2, -0.15) is 0 Å². The molecule has 8 heteroatoms. The average molecular weight is 536 g/mol. The molecule has 2 aromatic heterocycles. The molecule has 40 heavy (non-hydrogen) atoms. The summed E-state index contributed by atoms with van der Waals surface area (Å²) >= 11 is 0. The third-order valence-electron chi connectivity index (χ3n) is 6.99. The smallest absolute Gasteiger partial charge is 0.214 e. The molecular weight excluding hydrogens is 502 g/mol. The van der Waals surface area contributed by atoms with Crippen LogP contribution in [0.4, 0.5) is 17.2 Å². The Labute approximate surface area is 234 Å². The molecule has 2 heterocycles. The van der Waals surface area contributed by atoms with Crippen molar-refractivity contribution >= 4 is 52.8 Å². The molecule has 2 N–H and O–H groups in total. The summed E-state index contributed by atoms with van der Waals surface area (Å²) in [5.74, 6) is 0.586. The number of amides is 2. The Hall–Kier alpha value is -4.85. The van der Waals surface area contributed by atoms with E-state index in [1.807, 2.05) is 56.4 Å². The Morgan fingerprint density at radius 2 is 1.80 bits per heavy atom. The van der Waals surface area contributed by atoms with Crippen molar-refractivity contribution < 1.29 is 14.4 Å². The zero-order chi connectivity index (χ0) is 28.5. The van der Waals surface area contributed by atoms with Crippen molar-refractivity contribution in [2.45, 2.75) is 39.7 Å². The SMILES string of the molecule is CCc1cc2nc(CN(C=O)c3cccc(NC)c3/C(C)=C\C=O)ccc2cc1CCc1cccnc1NC=O. The molecule has 0 aliphatic rings. The number of nitrogens with zero attached hydrogens (tertiary/aromatic N) is 3. The number of benzene rings is 2. The lowest BCUT2D eigenvalue weighted by Gasteiger charge is -2.23. The van der Waals surface area contributed by atoms with Gasteiger partial charge in [0.25, 0.3) is 0 Å². The van der Waals surface area contributed by atoms with Crippen LogP contribution in [0.1, 0.15) is 41.8 Å². The number of nitrogens with one attached hydrogen (secondary N) is 2. The lowest BCUT2D eigenvalue weighted by Crippen LogP contribution is -2.22. The summed E-state index contributed by atoms with van der Waals surface area (Å²) in [4.78, 5) is 45.2. The Bertz CT molecular complexity index is 1560. The van der Waals surface area contributed by atoms with Crippen LogP contribution in [-0.2, 0) is 40.2 Å². The maximum atomic E-state index is 12.3. The van der Waals surface area contributed by atoms with E-state index in [2.05, 4.69) is 34.7 Å². The lowest BCUT2D eigenvalue weighted by atomic mass is 9.96. The van der Waals surface area contributed by atoms with Crippen LogP contribution in [-0.4, -0.2) is 36.1 Å². The van der Waals surface area contributed by atoms with E-state index in [-0.39, 0.29) is 6.54 Å². The van der Waals surface area contributed by atoms with E-state index < -0.39 is 0 Å². The first-order valence-electron chi connectivity index (χ1n) is 13.2. The first-order valence-corrected chi connectivity index (χ1v) is 13.2. The minimum atomic E-state index is 0.282. The van der Waals surface area contributed by atoms with Gasteiger partial charge in [-0.05, 0) is 90.9 Å². The van der Waals surface area contributed by atoms with E-state index in [0.717, 1.165) is 70.9 Å². The molecule has 0 atom stereocenters. The van der Waals surface area contributed by atoms with Crippen molar-refractivity contribution in [1.82, 2.24) is 9.97 Å². The normalized spacial score (nSPS) is 11.2. The number of aryl methyl sites for hydroxylation is 3. The second-order valence-corrected chi connectivity index (χ2v) is 9.41. The number of aromatic nitrogens is 2. The van der Waals surface area contributed by atoms with Crippen LogP contribution in [0, 0.1) is 0 Å². The van der Waals surface area contributed by atoms with Crippen LogP contribution in [0.2, 0.25) is 0 Å². The largest absolute Gasteiger partial charge is 0.388 e. The third kappa shape index (κ3) is 6.23. The first-order chi connectivity index (χ1) is 19.5. The fraction of sp³-hybridized carbons (Fsp3) is 0.219. The Balaban J connectivity index is 1.62. The first kappa shape index (κ1) is 28.2. The van der Waals surface area contributed by atoms with E-state index in [0.29, 0.717) is 17.9 Å². The van der Waals surface area contributed by atoms with Crippen molar-refractivity contribution in [3.8, 4) is 0 Å². The molecule has 4 rings (SSSR count). The van der Waals surface area contributed by atoms with Crippen LogP contribution >= 0.6 is 0 Å². The monoisotopic (exact) mass is 535 g/mol. The molecule has 0 fully saturated rings. The number of fused-ring (bicyclic) bond motifs is 1. The average Bonchev–Trinajstić information content (AvgIpc) is 2.98.